The number of ether oxygens (including phenoxy) is 2. The molecular formula is C25H22N2O3. The molecule has 30 heavy (non-hydrogen) atoms. The van der Waals surface area contributed by atoms with Crippen molar-refractivity contribution in [1.82, 2.24) is 4.57 Å². The van der Waals surface area contributed by atoms with Crippen molar-refractivity contribution in [3.8, 4) is 11.5 Å². The van der Waals surface area contributed by atoms with Crippen LogP contribution in [0.25, 0.3) is 10.9 Å². The first-order valence-electron chi connectivity index (χ1n) is 9.83. The van der Waals surface area contributed by atoms with Crippen molar-refractivity contribution in [1.29, 1.82) is 0 Å². The van der Waals surface area contributed by atoms with Gasteiger partial charge in [0, 0.05) is 40.8 Å². The van der Waals surface area contributed by atoms with Crippen LogP contribution in [0, 0.1) is 0 Å². The summed E-state index contributed by atoms with van der Waals surface area (Å²) in [5.41, 5.74) is 4.49. The molecule has 0 aliphatic carbocycles. The van der Waals surface area contributed by atoms with Gasteiger partial charge in [-0.05, 0) is 24.3 Å². The standard InChI is InChI=1S/C25H22N2O3/c1-26-20-13-6-4-11-18(20)22-23(19-12-5-7-14-21(19)30-3)27(25(28)24(22)26)16-9-8-10-17(15-16)29-2/h4-15,23H,1-3H3/t23-/m1/s1. The second kappa shape index (κ2) is 6.95. The number of aromatic nitrogens is 1. The largest absolute Gasteiger partial charge is 0.497 e. The van der Waals surface area contributed by atoms with Gasteiger partial charge in [0.1, 0.15) is 17.2 Å². The third kappa shape index (κ3) is 2.52. The number of carbonyl (C=O) groups is 1. The van der Waals surface area contributed by atoms with Crippen molar-refractivity contribution >= 4 is 22.5 Å². The molecule has 1 aliphatic heterocycles. The summed E-state index contributed by atoms with van der Waals surface area (Å²) in [7, 11) is 5.24. The number of fused-ring (bicyclic) bond motifs is 3. The van der Waals surface area contributed by atoms with Crippen molar-refractivity contribution in [3.05, 3.63) is 89.6 Å². The Balaban J connectivity index is 1.82. The van der Waals surface area contributed by atoms with Crippen LogP contribution in [0.15, 0.2) is 72.8 Å². The first-order chi connectivity index (χ1) is 14.7. The lowest BCUT2D eigenvalue weighted by atomic mass is 9.96. The van der Waals surface area contributed by atoms with Gasteiger partial charge in [-0.3, -0.25) is 9.69 Å². The maximum absolute atomic E-state index is 13.8. The number of carbonyl (C=O) groups excluding carboxylic acids is 1. The van der Waals surface area contributed by atoms with Crippen LogP contribution in [0.2, 0.25) is 0 Å². The quantitative estimate of drug-likeness (QED) is 0.489. The van der Waals surface area contributed by atoms with Crippen LogP contribution in [0.1, 0.15) is 27.7 Å². The number of aryl methyl sites for hydroxylation is 1. The van der Waals surface area contributed by atoms with E-state index in [9.17, 15) is 4.79 Å². The maximum Gasteiger partial charge on any atom is 0.276 e. The molecule has 5 nitrogen and oxygen atoms in total. The van der Waals surface area contributed by atoms with Crippen molar-refractivity contribution in [2.45, 2.75) is 6.04 Å². The zero-order valence-corrected chi connectivity index (χ0v) is 17.1. The summed E-state index contributed by atoms with van der Waals surface area (Å²) in [4.78, 5) is 15.6. The Kier molecular flexibility index (Phi) is 4.24. The number of amides is 1. The SMILES string of the molecule is COc1cccc(N2C(=O)c3c(c4ccccc4n3C)[C@H]2c2ccccc2OC)c1. The predicted molar refractivity (Wildman–Crippen MR) is 118 cm³/mol. The number of nitrogens with zero attached hydrogens (tertiary/aromatic N) is 2. The zero-order chi connectivity index (χ0) is 20.8. The van der Waals surface area contributed by atoms with Crippen LogP contribution in [0.5, 0.6) is 11.5 Å². The monoisotopic (exact) mass is 398 g/mol. The summed E-state index contributed by atoms with van der Waals surface area (Å²) < 4.78 is 13.1. The molecule has 2 heterocycles. The van der Waals surface area contributed by atoms with E-state index in [1.807, 2.05) is 77.2 Å². The predicted octanol–water partition coefficient (Wildman–Crippen LogP) is 4.95. The number of para-hydroxylation sites is 2. The van der Waals surface area contributed by atoms with Gasteiger partial charge in [0.05, 0.1) is 20.3 Å². The molecule has 3 aromatic carbocycles. The van der Waals surface area contributed by atoms with Crippen LogP contribution >= 0.6 is 0 Å². The minimum Gasteiger partial charge on any atom is -0.497 e. The Morgan fingerprint density at radius 3 is 2.43 bits per heavy atom. The Morgan fingerprint density at radius 1 is 0.867 bits per heavy atom. The molecular weight excluding hydrogens is 376 g/mol. The van der Waals surface area contributed by atoms with Crippen molar-refractivity contribution < 1.29 is 14.3 Å². The van der Waals surface area contributed by atoms with Crippen molar-refractivity contribution in [2.24, 2.45) is 7.05 Å². The number of hydrogen-bond donors (Lipinski definition) is 0. The van der Waals surface area contributed by atoms with Gasteiger partial charge in [-0.15, -0.1) is 0 Å². The molecule has 0 bridgehead atoms. The molecule has 1 aliphatic rings. The van der Waals surface area contributed by atoms with Gasteiger partial charge in [-0.2, -0.15) is 0 Å². The van der Waals surface area contributed by atoms with Gasteiger partial charge < -0.3 is 14.0 Å². The molecule has 0 unspecified atom stereocenters. The molecule has 150 valence electrons. The number of hydrogen-bond acceptors (Lipinski definition) is 3. The maximum atomic E-state index is 13.8. The zero-order valence-electron chi connectivity index (χ0n) is 17.1. The lowest BCUT2D eigenvalue weighted by molar-refractivity contribution is 0.0986. The first-order valence-corrected chi connectivity index (χ1v) is 9.83. The van der Waals surface area contributed by atoms with Gasteiger partial charge in [0.15, 0.2) is 0 Å². The van der Waals surface area contributed by atoms with Gasteiger partial charge in [0.2, 0.25) is 0 Å². The Bertz CT molecular complexity index is 1270. The second-order valence-electron chi connectivity index (χ2n) is 7.36. The normalized spacial score (nSPS) is 15.5. The van der Waals surface area contributed by atoms with E-state index < -0.39 is 0 Å². The fraction of sp³-hybridized carbons (Fsp3) is 0.160. The van der Waals surface area contributed by atoms with Crippen LogP contribution in [-0.2, 0) is 7.05 Å². The van der Waals surface area contributed by atoms with E-state index in [0.29, 0.717) is 11.4 Å². The summed E-state index contributed by atoms with van der Waals surface area (Å²) in [6.07, 6.45) is 0. The van der Waals surface area contributed by atoms with E-state index in [1.165, 1.54) is 0 Å². The van der Waals surface area contributed by atoms with Crippen LogP contribution in [0.3, 0.4) is 0 Å². The summed E-state index contributed by atoms with van der Waals surface area (Å²) >= 11 is 0. The highest BCUT2D eigenvalue weighted by Gasteiger charge is 2.44. The molecule has 0 radical (unpaired) electrons. The lowest BCUT2D eigenvalue weighted by Gasteiger charge is -2.28. The van der Waals surface area contributed by atoms with E-state index in [-0.39, 0.29) is 11.9 Å². The van der Waals surface area contributed by atoms with Crippen LogP contribution in [0.4, 0.5) is 5.69 Å². The smallest absolute Gasteiger partial charge is 0.276 e. The van der Waals surface area contributed by atoms with Crippen LogP contribution in [-0.4, -0.2) is 24.7 Å². The fourth-order valence-corrected chi connectivity index (χ4v) is 4.53. The highest BCUT2D eigenvalue weighted by molar-refractivity contribution is 6.15. The highest BCUT2D eigenvalue weighted by atomic mass is 16.5. The molecule has 4 aromatic rings. The average Bonchev–Trinajstić information content (AvgIpc) is 3.26. The van der Waals surface area contributed by atoms with Crippen molar-refractivity contribution in [2.75, 3.05) is 19.1 Å². The van der Waals surface area contributed by atoms with Crippen molar-refractivity contribution in [3.63, 3.8) is 0 Å². The molecule has 0 fully saturated rings. The lowest BCUT2D eigenvalue weighted by Crippen LogP contribution is -2.29. The molecule has 0 N–H and O–H groups in total. The summed E-state index contributed by atoms with van der Waals surface area (Å²) in [6.45, 7) is 0. The number of methoxy groups -OCH3 is 2. The van der Waals surface area contributed by atoms with E-state index in [4.69, 9.17) is 9.47 Å². The first kappa shape index (κ1) is 18.3. The molecule has 0 saturated heterocycles. The Morgan fingerprint density at radius 2 is 1.63 bits per heavy atom. The Labute approximate surface area is 175 Å². The minimum atomic E-state index is -0.304. The summed E-state index contributed by atoms with van der Waals surface area (Å²) in [5.74, 6) is 1.43. The molecule has 1 aromatic heterocycles. The molecule has 5 rings (SSSR count). The number of benzene rings is 3. The summed E-state index contributed by atoms with van der Waals surface area (Å²) in [5, 5.41) is 1.07. The van der Waals surface area contributed by atoms with Gasteiger partial charge >= 0.3 is 0 Å². The number of rotatable bonds is 4. The Hall–Kier alpha value is -3.73. The van der Waals surface area contributed by atoms with E-state index in [1.54, 1.807) is 14.2 Å². The van der Waals surface area contributed by atoms with E-state index >= 15 is 0 Å². The summed E-state index contributed by atoms with van der Waals surface area (Å²) in [6, 6.07) is 23.4. The highest BCUT2D eigenvalue weighted by Crippen LogP contribution is 2.48. The molecule has 5 heteroatoms. The van der Waals surface area contributed by atoms with E-state index in [2.05, 4.69) is 12.1 Å². The third-order valence-corrected chi connectivity index (χ3v) is 5.86. The average molecular weight is 398 g/mol. The van der Waals surface area contributed by atoms with Gasteiger partial charge in [-0.1, -0.05) is 42.5 Å². The fourth-order valence-electron chi connectivity index (χ4n) is 4.53. The molecule has 1 atom stereocenters. The molecule has 0 spiro atoms. The van der Waals surface area contributed by atoms with Gasteiger partial charge in [-0.25, -0.2) is 0 Å². The molecule has 0 saturated carbocycles. The van der Waals surface area contributed by atoms with E-state index in [0.717, 1.165) is 33.5 Å². The number of anilines is 1. The minimum absolute atomic E-state index is 0.0344. The topological polar surface area (TPSA) is 43.7 Å². The third-order valence-electron chi connectivity index (χ3n) is 5.86. The van der Waals surface area contributed by atoms with Crippen LogP contribution < -0.4 is 14.4 Å². The second-order valence-corrected chi connectivity index (χ2v) is 7.36. The van der Waals surface area contributed by atoms with Gasteiger partial charge in [0.25, 0.3) is 5.91 Å². The molecule has 1 amide bonds.